The zero-order valence-electron chi connectivity index (χ0n) is 8.22. The van der Waals surface area contributed by atoms with E-state index in [-0.39, 0.29) is 16.9 Å². The summed E-state index contributed by atoms with van der Waals surface area (Å²) in [6.07, 6.45) is 1.16. The molecule has 2 rings (SSSR count). The average Bonchev–Trinajstić information content (AvgIpc) is 2.81. The van der Waals surface area contributed by atoms with Crippen LogP contribution in [0.15, 0.2) is 24.5 Å². The smallest absolute Gasteiger partial charge is 0.337 e. The van der Waals surface area contributed by atoms with Gasteiger partial charge in [-0.2, -0.15) is 4.68 Å². The SMILES string of the molecule is O=C(O)c1ccc([N+](=O)[O-])cc1-n1cnnn1. The van der Waals surface area contributed by atoms with Gasteiger partial charge < -0.3 is 5.11 Å². The van der Waals surface area contributed by atoms with E-state index >= 15 is 0 Å². The normalized spacial score (nSPS) is 10.1. The van der Waals surface area contributed by atoms with Crippen molar-refractivity contribution in [2.45, 2.75) is 0 Å². The molecule has 1 aromatic carbocycles. The van der Waals surface area contributed by atoms with Crippen molar-refractivity contribution >= 4 is 11.7 Å². The van der Waals surface area contributed by atoms with E-state index in [1.165, 1.54) is 0 Å². The van der Waals surface area contributed by atoms with Gasteiger partial charge in [-0.05, 0) is 16.5 Å². The molecule has 0 radical (unpaired) electrons. The minimum absolute atomic E-state index is 0.0386. The van der Waals surface area contributed by atoms with Crippen LogP contribution in [0.4, 0.5) is 5.69 Å². The second-order valence-electron chi connectivity index (χ2n) is 3.02. The summed E-state index contributed by atoms with van der Waals surface area (Å²) in [5.74, 6) is -1.22. The third-order valence-corrected chi connectivity index (χ3v) is 2.02. The Morgan fingerprint density at radius 3 is 2.76 bits per heavy atom. The van der Waals surface area contributed by atoms with Gasteiger partial charge in [0.05, 0.1) is 16.2 Å². The number of nitro groups is 1. The van der Waals surface area contributed by atoms with E-state index in [1.54, 1.807) is 0 Å². The fraction of sp³-hybridized carbons (Fsp3) is 0. The molecular formula is C8H5N5O4. The number of hydrogen-bond acceptors (Lipinski definition) is 6. The number of nitro benzene ring substituents is 1. The van der Waals surface area contributed by atoms with Crippen molar-refractivity contribution in [2.75, 3.05) is 0 Å². The van der Waals surface area contributed by atoms with Gasteiger partial charge in [0.1, 0.15) is 6.33 Å². The highest BCUT2D eigenvalue weighted by atomic mass is 16.6. The van der Waals surface area contributed by atoms with E-state index in [0.29, 0.717) is 0 Å². The van der Waals surface area contributed by atoms with Gasteiger partial charge in [0, 0.05) is 12.1 Å². The number of carbonyl (C=O) groups is 1. The summed E-state index contributed by atoms with van der Waals surface area (Å²) in [5, 5.41) is 29.7. The Bertz CT molecular complexity index is 580. The molecule has 0 atom stereocenters. The van der Waals surface area contributed by atoms with Crippen molar-refractivity contribution in [3.63, 3.8) is 0 Å². The van der Waals surface area contributed by atoms with Gasteiger partial charge in [0.2, 0.25) is 0 Å². The second kappa shape index (κ2) is 3.96. The Balaban J connectivity index is 2.64. The molecule has 0 amide bonds. The molecule has 0 saturated heterocycles. The Morgan fingerprint density at radius 1 is 1.47 bits per heavy atom. The summed E-state index contributed by atoms with van der Waals surface area (Å²) in [6.45, 7) is 0. The molecule has 1 N–H and O–H groups in total. The van der Waals surface area contributed by atoms with Gasteiger partial charge in [-0.3, -0.25) is 10.1 Å². The molecule has 9 heteroatoms. The van der Waals surface area contributed by atoms with Crippen LogP contribution < -0.4 is 0 Å². The maximum atomic E-state index is 10.9. The molecule has 0 unspecified atom stereocenters. The molecule has 0 spiro atoms. The first-order valence-electron chi connectivity index (χ1n) is 4.34. The summed E-state index contributed by atoms with van der Waals surface area (Å²) in [6, 6.07) is 3.34. The molecule has 2 aromatic rings. The van der Waals surface area contributed by atoms with Gasteiger partial charge in [-0.1, -0.05) is 0 Å². The largest absolute Gasteiger partial charge is 0.478 e. The van der Waals surface area contributed by atoms with Crippen LogP contribution in [0.2, 0.25) is 0 Å². The Labute approximate surface area is 93.4 Å². The maximum Gasteiger partial charge on any atom is 0.337 e. The van der Waals surface area contributed by atoms with Crippen molar-refractivity contribution in [1.29, 1.82) is 0 Å². The van der Waals surface area contributed by atoms with E-state index in [2.05, 4.69) is 15.5 Å². The number of carboxylic acid groups (broad SMARTS) is 1. The van der Waals surface area contributed by atoms with Crippen LogP contribution in [0.1, 0.15) is 10.4 Å². The number of nitrogens with zero attached hydrogens (tertiary/aromatic N) is 5. The first-order chi connectivity index (χ1) is 8.09. The molecule has 0 fully saturated rings. The molecule has 0 bridgehead atoms. The van der Waals surface area contributed by atoms with Crippen molar-refractivity contribution < 1.29 is 14.8 Å². The molecule has 86 valence electrons. The maximum absolute atomic E-state index is 10.9. The lowest BCUT2D eigenvalue weighted by molar-refractivity contribution is -0.384. The molecule has 0 aliphatic carbocycles. The minimum Gasteiger partial charge on any atom is -0.478 e. The van der Waals surface area contributed by atoms with Gasteiger partial charge in [-0.25, -0.2) is 4.79 Å². The van der Waals surface area contributed by atoms with Gasteiger partial charge >= 0.3 is 5.97 Å². The topological polar surface area (TPSA) is 124 Å². The fourth-order valence-electron chi connectivity index (χ4n) is 1.28. The van der Waals surface area contributed by atoms with Crippen molar-refractivity contribution in [3.05, 3.63) is 40.2 Å². The predicted molar refractivity (Wildman–Crippen MR) is 52.8 cm³/mol. The van der Waals surface area contributed by atoms with Crippen LogP contribution in [-0.2, 0) is 0 Å². The van der Waals surface area contributed by atoms with Crippen molar-refractivity contribution in [2.24, 2.45) is 0 Å². The molecule has 17 heavy (non-hydrogen) atoms. The minimum atomic E-state index is -1.22. The van der Waals surface area contributed by atoms with Gasteiger partial charge in [0.25, 0.3) is 5.69 Å². The van der Waals surface area contributed by atoms with E-state index in [4.69, 9.17) is 5.11 Å². The van der Waals surface area contributed by atoms with Crippen LogP contribution in [0.5, 0.6) is 0 Å². The van der Waals surface area contributed by atoms with Crippen LogP contribution in [0, 0.1) is 10.1 Å². The zero-order valence-corrected chi connectivity index (χ0v) is 8.22. The van der Waals surface area contributed by atoms with Crippen molar-refractivity contribution in [3.8, 4) is 5.69 Å². The lowest BCUT2D eigenvalue weighted by atomic mass is 10.1. The molecule has 1 heterocycles. The molecule has 0 aliphatic rings. The quantitative estimate of drug-likeness (QED) is 0.597. The van der Waals surface area contributed by atoms with Crippen molar-refractivity contribution in [1.82, 2.24) is 20.2 Å². The van der Waals surface area contributed by atoms with Crippen LogP contribution >= 0.6 is 0 Å². The molecular weight excluding hydrogens is 230 g/mol. The first-order valence-corrected chi connectivity index (χ1v) is 4.34. The third kappa shape index (κ3) is 1.93. The highest BCUT2D eigenvalue weighted by molar-refractivity contribution is 5.92. The standard InChI is InChI=1S/C8H5N5O4/c14-8(15)6-2-1-5(13(16)17)3-7(6)12-4-9-10-11-12/h1-4H,(H,14,15). The lowest BCUT2D eigenvalue weighted by Crippen LogP contribution is -2.07. The lowest BCUT2D eigenvalue weighted by Gasteiger charge is -2.03. The fourth-order valence-corrected chi connectivity index (χ4v) is 1.28. The summed E-state index contributed by atoms with van der Waals surface area (Å²) in [5.41, 5.74) is -0.319. The summed E-state index contributed by atoms with van der Waals surface area (Å²) >= 11 is 0. The molecule has 1 aromatic heterocycles. The highest BCUT2D eigenvalue weighted by Gasteiger charge is 2.17. The Hall–Kier alpha value is -2.84. The monoisotopic (exact) mass is 235 g/mol. The molecule has 0 aliphatic heterocycles. The first kappa shape index (κ1) is 10.7. The van der Waals surface area contributed by atoms with Crippen LogP contribution in [-0.4, -0.2) is 36.2 Å². The van der Waals surface area contributed by atoms with E-state index in [1.807, 2.05) is 0 Å². The molecule has 9 nitrogen and oxygen atoms in total. The summed E-state index contributed by atoms with van der Waals surface area (Å²) in [4.78, 5) is 20.9. The molecule has 0 saturated carbocycles. The van der Waals surface area contributed by atoms with Crippen LogP contribution in [0.25, 0.3) is 5.69 Å². The Kier molecular flexibility index (Phi) is 2.49. The number of aromatic nitrogens is 4. The average molecular weight is 235 g/mol. The number of tetrazole rings is 1. The van der Waals surface area contributed by atoms with E-state index in [0.717, 1.165) is 29.2 Å². The number of aromatic carboxylic acids is 1. The zero-order chi connectivity index (χ0) is 12.4. The van der Waals surface area contributed by atoms with E-state index < -0.39 is 10.9 Å². The second-order valence-corrected chi connectivity index (χ2v) is 3.02. The number of non-ortho nitro benzene ring substituents is 1. The van der Waals surface area contributed by atoms with Crippen LogP contribution in [0.3, 0.4) is 0 Å². The Morgan fingerprint density at radius 2 is 2.24 bits per heavy atom. The van der Waals surface area contributed by atoms with E-state index in [9.17, 15) is 14.9 Å². The highest BCUT2D eigenvalue weighted by Crippen LogP contribution is 2.20. The number of rotatable bonds is 3. The van der Waals surface area contributed by atoms with Gasteiger partial charge in [0.15, 0.2) is 0 Å². The van der Waals surface area contributed by atoms with Gasteiger partial charge in [-0.15, -0.1) is 5.10 Å². The number of hydrogen-bond donors (Lipinski definition) is 1. The summed E-state index contributed by atoms with van der Waals surface area (Å²) < 4.78 is 1.05. The number of carboxylic acids is 1. The number of benzene rings is 1. The predicted octanol–water partition coefficient (Wildman–Crippen LogP) is 0.269. The summed E-state index contributed by atoms with van der Waals surface area (Å²) in [7, 11) is 0. The third-order valence-electron chi connectivity index (χ3n) is 2.02.